The summed E-state index contributed by atoms with van der Waals surface area (Å²) >= 11 is 0. The highest BCUT2D eigenvalue weighted by Crippen LogP contribution is 2.69. The van der Waals surface area contributed by atoms with E-state index in [-0.39, 0.29) is 22.6 Å². The minimum Gasteiger partial charge on any atom is -0.350 e. The van der Waals surface area contributed by atoms with Gasteiger partial charge in [0.05, 0.1) is 34.4 Å². The lowest BCUT2D eigenvalue weighted by molar-refractivity contribution is 0.243. The fraction of sp³-hybridized carbons (Fsp3) is 0.292. The first-order valence-electron chi connectivity index (χ1n) is 10.6. The first-order chi connectivity index (χ1) is 15.4. The van der Waals surface area contributed by atoms with Crippen molar-refractivity contribution in [2.75, 3.05) is 0 Å². The van der Waals surface area contributed by atoms with Gasteiger partial charge in [0.25, 0.3) is 0 Å². The Morgan fingerprint density at radius 2 is 1.84 bits per heavy atom. The molecule has 6 rings (SSSR count). The van der Waals surface area contributed by atoms with Crippen LogP contribution in [0.3, 0.4) is 0 Å². The van der Waals surface area contributed by atoms with E-state index in [9.17, 15) is 8.78 Å². The number of nitrogens with zero attached hydrogens (tertiary/aromatic N) is 5. The standard InChI is InChI=1S/C24H20F2N6/c1-23(2)14-6-8-24(23,19-7-9-28-22(30-19)18-11-27-12-29-18)21-13(14)10-17(31-32-21)20-15(25)4-3-5-16(20)26/h3-5,7,9-12,14H,6,8H2,1-2H3,(H,27,29)/t14-,24-/m0/s1. The fourth-order valence-electron chi connectivity index (χ4n) is 5.86. The summed E-state index contributed by atoms with van der Waals surface area (Å²) in [5.74, 6) is -0.555. The minimum absolute atomic E-state index is 0.139. The highest BCUT2D eigenvalue weighted by molar-refractivity contribution is 5.64. The zero-order valence-electron chi connectivity index (χ0n) is 17.6. The second-order valence-electron chi connectivity index (χ2n) is 9.07. The van der Waals surface area contributed by atoms with Crippen LogP contribution < -0.4 is 0 Å². The van der Waals surface area contributed by atoms with Crippen molar-refractivity contribution >= 4 is 0 Å². The van der Waals surface area contributed by atoms with E-state index in [1.807, 2.05) is 12.1 Å². The molecule has 0 spiro atoms. The van der Waals surface area contributed by atoms with E-state index < -0.39 is 17.0 Å². The molecule has 2 aliphatic rings. The first kappa shape index (κ1) is 19.2. The molecule has 1 aromatic carbocycles. The number of imidazole rings is 1. The van der Waals surface area contributed by atoms with Crippen LogP contribution in [-0.2, 0) is 5.41 Å². The number of nitrogens with one attached hydrogen (secondary N) is 1. The normalized spacial score (nSPS) is 22.8. The van der Waals surface area contributed by atoms with Gasteiger partial charge in [0.15, 0.2) is 5.82 Å². The molecule has 1 N–H and O–H groups in total. The number of aromatic amines is 1. The van der Waals surface area contributed by atoms with Gasteiger partial charge >= 0.3 is 0 Å². The van der Waals surface area contributed by atoms with E-state index in [0.717, 1.165) is 29.8 Å². The van der Waals surface area contributed by atoms with Crippen LogP contribution in [0.2, 0.25) is 0 Å². The van der Waals surface area contributed by atoms with Crippen LogP contribution in [0.25, 0.3) is 22.8 Å². The summed E-state index contributed by atoms with van der Waals surface area (Å²) in [4.78, 5) is 16.5. The molecule has 0 amide bonds. The van der Waals surface area contributed by atoms with Gasteiger partial charge in [-0.15, -0.1) is 5.10 Å². The SMILES string of the molecule is CC1(C)[C@H]2CC[C@]1(c1ccnc(-c3c[nH]cn3)n1)c1nnc(-c3c(F)cccc3F)cc12. The molecule has 2 bridgehead atoms. The third-order valence-electron chi connectivity index (χ3n) is 7.42. The van der Waals surface area contributed by atoms with E-state index in [1.54, 1.807) is 18.7 Å². The summed E-state index contributed by atoms with van der Waals surface area (Å²) in [5.41, 5.74) is 2.80. The van der Waals surface area contributed by atoms with Crippen LogP contribution in [0.1, 0.15) is 49.6 Å². The number of hydrogen-bond donors (Lipinski definition) is 1. The van der Waals surface area contributed by atoms with E-state index in [2.05, 4.69) is 39.0 Å². The molecule has 32 heavy (non-hydrogen) atoms. The third-order valence-corrected chi connectivity index (χ3v) is 7.42. The van der Waals surface area contributed by atoms with Crippen molar-refractivity contribution in [3.05, 3.63) is 77.6 Å². The van der Waals surface area contributed by atoms with Gasteiger partial charge in [0.2, 0.25) is 0 Å². The molecule has 8 heteroatoms. The molecule has 2 aliphatic carbocycles. The van der Waals surface area contributed by atoms with Crippen LogP contribution in [0, 0.1) is 17.0 Å². The summed E-state index contributed by atoms with van der Waals surface area (Å²) in [7, 11) is 0. The second kappa shape index (κ2) is 6.48. The molecular formula is C24H20F2N6. The Morgan fingerprint density at radius 1 is 1.03 bits per heavy atom. The summed E-state index contributed by atoms with van der Waals surface area (Å²) in [5, 5.41) is 8.85. The summed E-state index contributed by atoms with van der Waals surface area (Å²) in [6, 6.07) is 7.57. The summed E-state index contributed by atoms with van der Waals surface area (Å²) in [6.45, 7) is 4.43. The lowest BCUT2D eigenvalue weighted by Crippen LogP contribution is -2.38. The minimum atomic E-state index is -0.643. The topological polar surface area (TPSA) is 80.2 Å². The lowest BCUT2D eigenvalue weighted by Gasteiger charge is -2.37. The van der Waals surface area contributed by atoms with Crippen molar-refractivity contribution in [1.29, 1.82) is 0 Å². The molecule has 3 heterocycles. The lowest BCUT2D eigenvalue weighted by atomic mass is 9.66. The predicted molar refractivity (Wildman–Crippen MR) is 114 cm³/mol. The van der Waals surface area contributed by atoms with Crippen molar-refractivity contribution < 1.29 is 8.78 Å². The molecule has 1 saturated carbocycles. The molecule has 2 atom stereocenters. The van der Waals surface area contributed by atoms with Crippen LogP contribution in [0.4, 0.5) is 8.78 Å². The van der Waals surface area contributed by atoms with Gasteiger partial charge in [-0.25, -0.2) is 23.7 Å². The van der Waals surface area contributed by atoms with Gasteiger partial charge in [-0.2, -0.15) is 5.10 Å². The molecule has 4 aromatic rings. The second-order valence-corrected chi connectivity index (χ2v) is 9.07. The largest absolute Gasteiger partial charge is 0.350 e. The smallest absolute Gasteiger partial charge is 0.179 e. The quantitative estimate of drug-likeness (QED) is 0.505. The summed E-state index contributed by atoms with van der Waals surface area (Å²) in [6.07, 6.45) is 6.92. The van der Waals surface area contributed by atoms with Crippen molar-refractivity contribution in [2.45, 2.75) is 38.0 Å². The summed E-state index contributed by atoms with van der Waals surface area (Å²) < 4.78 is 28.8. The first-order valence-corrected chi connectivity index (χ1v) is 10.6. The Bertz CT molecular complexity index is 1330. The number of aromatic nitrogens is 6. The highest BCUT2D eigenvalue weighted by Gasteiger charge is 2.65. The van der Waals surface area contributed by atoms with Gasteiger partial charge in [-0.05, 0) is 54.0 Å². The number of hydrogen-bond acceptors (Lipinski definition) is 5. The number of rotatable bonds is 3. The number of halogens is 2. The van der Waals surface area contributed by atoms with Gasteiger partial charge in [-0.3, -0.25) is 0 Å². The molecule has 0 saturated heterocycles. The predicted octanol–water partition coefficient (Wildman–Crippen LogP) is 4.81. The fourth-order valence-corrected chi connectivity index (χ4v) is 5.86. The van der Waals surface area contributed by atoms with E-state index in [4.69, 9.17) is 4.98 Å². The van der Waals surface area contributed by atoms with Crippen molar-refractivity contribution in [2.24, 2.45) is 5.41 Å². The van der Waals surface area contributed by atoms with Gasteiger partial charge in [0, 0.05) is 12.4 Å². The number of H-pyrrole nitrogens is 1. The Balaban J connectivity index is 1.54. The maximum absolute atomic E-state index is 14.4. The van der Waals surface area contributed by atoms with Crippen molar-refractivity contribution in [3.8, 4) is 22.8 Å². The van der Waals surface area contributed by atoms with Crippen LogP contribution in [0.5, 0.6) is 0 Å². The number of benzene rings is 1. The maximum Gasteiger partial charge on any atom is 0.179 e. The Kier molecular flexibility index (Phi) is 3.88. The molecule has 0 unspecified atom stereocenters. The Hall–Kier alpha value is -3.55. The molecule has 6 nitrogen and oxygen atoms in total. The van der Waals surface area contributed by atoms with Gasteiger partial charge < -0.3 is 4.98 Å². The van der Waals surface area contributed by atoms with Gasteiger partial charge in [0.1, 0.15) is 17.3 Å². The monoisotopic (exact) mass is 430 g/mol. The zero-order valence-corrected chi connectivity index (χ0v) is 17.6. The van der Waals surface area contributed by atoms with E-state index >= 15 is 0 Å². The van der Waals surface area contributed by atoms with Crippen LogP contribution in [0.15, 0.2) is 49.1 Å². The maximum atomic E-state index is 14.4. The third kappa shape index (κ3) is 2.35. The molecule has 160 valence electrons. The molecule has 1 fully saturated rings. The van der Waals surface area contributed by atoms with Crippen LogP contribution in [-0.4, -0.2) is 30.1 Å². The Labute approximate surface area is 183 Å². The van der Waals surface area contributed by atoms with Crippen molar-refractivity contribution in [3.63, 3.8) is 0 Å². The number of fused-ring (bicyclic) bond motifs is 5. The molecule has 3 aromatic heterocycles. The van der Waals surface area contributed by atoms with E-state index in [0.29, 0.717) is 11.5 Å². The molecule has 0 aliphatic heterocycles. The molecule has 0 radical (unpaired) electrons. The van der Waals surface area contributed by atoms with E-state index in [1.165, 1.54) is 18.2 Å². The van der Waals surface area contributed by atoms with Crippen LogP contribution >= 0.6 is 0 Å². The molecular weight excluding hydrogens is 410 g/mol. The highest BCUT2D eigenvalue weighted by atomic mass is 19.1. The average Bonchev–Trinajstić information content (AvgIpc) is 3.45. The Morgan fingerprint density at radius 3 is 2.59 bits per heavy atom. The van der Waals surface area contributed by atoms with Gasteiger partial charge in [-0.1, -0.05) is 19.9 Å². The van der Waals surface area contributed by atoms with Crippen molar-refractivity contribution in [1.82, 2.24) is 30.1 Å². The zero-order chi connectivity index (χ0) is 22.1. The average molecular weight is 430 g/mol.